The zero-order valence-corrected chi connectivity index (χ0v) is 10.4. The number of aromatic nitrogens is 1. The van der Waals surface area contributed by atoms with E-state index >= 15 is 0 Å². The van der Waals surface area contributed by atoms with E-state index in [0.29, 0.717) is 12.1 Å². The summed E-state index contributed by atoms with van der Waals surface area (Å²) in [6.07, 6.45) is 7.45. The van der Waals surface area contributed by atoms with Gasteiger partial charge in [0.05, 0.1) is 5.51 Å². The Balaban J connectivity index is 1.86. The summed E-state index contributed by atoms with van der Waals surface area (Å²) in [7, 11) is 0. The third kappa shape index (κ3) is 3.02. The van der Waals surface area contributed by atoms with Crippen molar-refractivity contribution < 1.29 is 0 Å². The van der Waals surface area contributed by atoms with Crippen molar-refractivity contribution >= 4 is 11.3 Å². The summed E-state index contributed by atoms with van der Waals surface area (Å²) < 4.78 is 0. The molecular weight excluding hydrogens is 204 g/mol. The molecule has 15 heavy (non-hydrogen) atoms. The number of nitrogens with one attached hydrogen (secondary N) is 1. The lowest BCUT2D eigenvalue weighted by molar-refractivity contribution is 0.286. The van der Waals surface area contributed by atoms with Crippen LogP contribution >= 0.6 is 11.3 Å². The molecule has 0 aromatic carbocycles. The largest absolute Gasteiger partial charge is 0.307 e. The fourth-order valence-corrected chi connectivity index (χ4v) is 3.10. The van der Waals surface area contributed by atoms with E-state index in [-0.39, 0.29) is 0 Å². The molecule has 1 aliphatic carbocycles. The van der Waals surface area contributed by atoms with Crippen LogP contribution in [0.25, 0.3) is 0 Å². The van der Waals surface area contributed by atoms with Gasteiger partial charge in [-0.2, -0.15) is 0 Å². The quantitative estimate of drug-likeness (QED) is 0.851. The van der Waals surface area contributed by atoms with Crippen molar-refractivity contribution in [3.05, 3.63) is 16.6 Å². The van der Waals surface area contributed by atoms with Crippen LogP contribution in [-0.2, 0) is 0 Å². The highest BCUT2D eigenvalue weighted by Gasteiger charge is 2.20. The van der Waals surface area contributed by atoms with Crippen LogP contribution in [0.3, 0.4) is 0 Å². The third-order valence-corrected chi connectivity index (χ3v) is 4.26. The molecule has 0 radical (unpaired) electrons. The molecule has 1 aromatic rings. The van der Waals surface area contributed by atoms with Crippen molar-refractivity contribution in [2.24, 2.45) is 5.92 Å². The van der Waals surface area contributed by atoms with E-state index in [1.165, 1.54) is 30.6 Å². The molecule has 1 N–H and O–H groups in total. The first-order valence-electron chi connectivity index (χ1n) is 5.90. The van der Waals surface area contributed by atoms with Crippen LogP contribution in [0.1, 0.15) is 50.4 Å². The summed E-state index contributed by atoms with van der Waals surface area (Å²) in [5, 5.41) is 3.72. The van der Waals surface area contributed by atoms with E-state index in [0.717, 1.165) is 5.92 Å². The zero-order chi connectivity index (χ0) is 10.7. The van der Waals surface area contributed by atoms with Crippen molar-refractivity contribution in [1.29, 1.82) is 0 Å². The number of hydrogen-bond acceptors (Lipinski definition) is 3. The van der Waals surface area contributed by atoms with Crippen LogP contribution in [0.4, 0.5) is 0 Å². The van der Waals surface area contributed by atoms with Crippen LogP contribution in [0.5, 0.6) is 0 Å². The van der Waals surface area contributed by atoms with Crippen LogP contribution in [0, 0.1) is 5.92 Å². The lowest BCUT2D eigenvalue weighted by atomic mass is 9.87. The van der Waals surface area contributed by atoms with Crippen LogP contribution in [0.15, 0.2) is 11.7 Å². The van der Waals surface area contributed by atoms with Crippen LogP contribution in [-0.4, -0.2) is 11.0 Å². The Labute approximate surface area is 96.1 Å². The Morgan fingerprint density at radius 1 is 1.53 bits per heavy atom. The van der Waals surface area contributed by atoms with Crippen molar-refractivity contribution in [2.75, 3.05) is 0 Å². The summed E-state index contributed by atoms with van der Waals surface area (Å²) in [6.45, 7) is 4.61. The molecule has 0 bridgehead atoms. The van der Waals surface area contributed by atoms with Gasteiger partial charge in [-0.25, -0.2) is 0 Å². The fraction of sp³-hybridized carbons (Fsp3) is 0.750. The Morgan fingerprint density at radius 2 is 2.40 bits per heavy atom. The molecule has 0 amide bonds. The summed E-state index contributed by atoms with van der Waals surface area (Å²) in [4.78, 5) is 5.48. The molecular formula is C12H20N2S. The Bertz CT molecular complexity index is 284. The first-order chi connectivity index (χ1) is 7.25. The van der Waals surface area contributed by atoms with E-state index in [2.05, 4.69) is 24.1 Å². The highest BCUT2D eigenvalue weighted by molar-refractivity contribution is 7.09. The maximum Gasteiger partial charge on any atom is 0.0794 e. The standard InChI is InChI=1S/C12H20N2S/c1-9-4-3-5-11(6-9)14-10(2)12-7-13-8-15-12/h7-11,14H,3-6H2,1-2H3. The number of hydrogen-bond donors (Lipinski definition) is 1. The minimum absolute atomic E-state index is 0.466. The van der Waals surface area contributed by atoms with Crippen LogP contribution < -0.4 is 5.32 Å². The average Bonchev–Trinajstić information content (AvgIpc) is 2.70. The van der Waals surface area contributed by atoms with E-state index in [4.69, 9.17) is 0 Å². The molecule has 1 fully saturated rings. The lowest BCUT2D eigenvalue weighted by Gasteiger charge is -2.29. The predicted octanol–water partition coefficient (Wildman–Crippen LogP) is 3.37. The van der Waals surface area contributed by atoms with Gasteiger partial charge in [0.25, 0.3) is 0 Å². The van der Waals surface area contributed by atoms with E-state index in [9.17, 15) is 0 Å². The minimum atomic E-state index is 0.466. The van der Waals surface area contributed by atoms with Gasteiger partial charge >= 0.3 is 0 Å². The molecule has 1 saturated carbocycles. The van der Waals surface area contributed by atoms with Crippen LogP contribution in [0.2, 0.25) is 0 Å². The second-order valence-corrected chi connectivity index (χ2v) is 5.68. The first-order valence-corrected chi connectivity index (χ1v) is 6.78. The number of rotatable bonds is 3. The lowest BCUT2D eigenvalue weighted by Crippen LogP contribution is -2.35. The summed E-state index contributed by atoms with van der Waals surface area (Å²) >= 11 is 1.75. The van der Waals surface area contributed by atoms with Gasteiger partial charge in [-0.1, -0.05) is 19.8 Å². The van der Waals surface area contributed by atoms with Gasteiger partial charge in [0.15, 0.2) is 0 Å². The Morgan fingerprint density at radius 3 is 3.07 bits per heavy atom. The predicted molar refractivity (Wildman–Crippen MR) is 65.1 cm³/mol. The van der Waals surface area contributed by atoms with Gasteiger partial charge < -0.3 is 5.32 Å². The molecule has 1 heterocycles. The molecule has 3 unspecified atom stereocenters. The van der Waals surface area contributed by atoms with Gasteiger partial charge in [0.1, 0.15) is 0 Å². The third-order valence-electron chi connectivity index (χ3n) is 3.30. The molecule has 2 rings (SSSR count). The molecule has 0 spiro atoms. The summed E-state index contributed by atoms with van der Waals surface area (Å²) in [5.74, 6) is 0.893. The molecule has 0 aliphatic heterocycles. The van der Waals surface area contributed by atoms with E-state index < -0.39 is 0 Å². The zero-order valence-electron chi connectivity index (χ0n) is 9.57. The van der Waals surface area contributed by atoms with E-state index in [1.807, 2.05) is 11.7 Å². The van der Waals surface area contributed by atoms with Crippen molar-refractivity contribution in [2.45, 2.75) is 51.6 Å². The maximum atomic E-state index is 4.13. The summed E-state index contributed by atoms with van der Waals surface area (Å²) in [5.41, 5.74) is 1.91. The highest BCUT2D eigenvalue weighted by atomic mass is 32.1. The molecule has 0 saturated heterocycles. The second-order valence-electron chi connectivity index (χ2n) is 4.76. The Hall–Kier alpha value is -0.410. The van der Waals surface area contributed by atoms with Gasteiger partial charge in [-0.3, -0.25) is 4.98 Å². The average molecular weight is 224 g/mol. The number of thiazole rings is 1. The molecule has 2 nitrogen and oxygen atoms in total. The summed E-state index contributed by atoms with van der Waals surface area (Å²) in [6, 6.07) is 1.18. The first kappa shape index (κ1) is 11.1. The van der Waals surface area contributed by atoms with Crippen molar-refractivity contribution in [3.63, 3.8) is 0 Å². The van der Waals surface area contributed by atoms with Gasteiger partial charge in [0.2, 0.25) is 0 Å². The Kier molecular flexibility index (Phi) is 3.76. The molecule has 3 atom stereocenters. The highest BCUT2D eigenvalue weighted by Crippen LogP contribution is 2.26. The van der Waals surface area contributed by atoms with Crippen molar-refractivity contribution in [3.8, 4) is 0 Å². The molecule has 1 aromatic heterocycles. The van der Waals surface area contributed by atoms with Gasteiger partial charge in [-0.15, -0.1) is 11.3 Å². The fourth-order valence-electron chi connectivity index (χ4n) is 2.46. The topological polar surface area (TPSA) is 24.9 Å². The van der Waals surface area contributed by atoms with E-state index in [1.54, 1.807) is 11.3 Å². The molecule has 84 valence electrons. The second kappa shape index (κ2) is 5.08. The molecule has 3 heteroatoms. The number of nitrogens with zero attached hydrogens (tertiary/aromatic N) is 1. The monoisotopic (exact) mass is 224 g/mol. The smallest absolute Gasteiger partial charge is 0.0794 e. The van der Waals surface area contributed by atoms with Crippen molar-refractivity contribution in [1.82, 2.24) is 10.3 Å². The minimum Gasteiger partial charge on any atom is -0.307 e. The van der Waals surface area contributed by atoms with Gasteiger partial charge in [-0.05, 0) is 25.7 Å². The van der Waals surface area contributed by atoms with Gasteiger partial charge in [0, 0.05) is 23.2 Å². The SMILES string of the molecule is CC1CCCC(NC(C)c2cncs2)C1. The maximum absolute atomic E-state index is 4.13. The molecule has 1 aliphatic rings. The normalized spacial score (nSPS) is 28.9.